The number of para-hydroxylation sites is 1. The second kappa shape index (κ2) is 5.97. The summed E-state index contributed by atoms with van der Waals surface area (Å²) < 4.78 is 0. The number of H-pyrrole nitrogens is 1. The van der Waals surface area contributed by atoms with Crippen LogP contribution in [0.3, 0.4) is 0 Å². The molecule has 5 nitrogen and oxygen atoms in total. The van der Waals surface area contributed by atoms with Crippen LogP contribution >= 0.6 is 11.8 Å². The number of pyridine rings is 1. The molecule has 6 heteroatoms. The van der Waals surface area contributed by atoms with Crippen LogP contribution in [0.25, 0.3) is 10.9 Å². The van der Waals surface area contributed by atoms with Crippen LogP contribution in [0.5, 0.6) is 0 Å². The summed E-state index contributed by atoms with van der Waals surface area (Å²) in [4.78, 5) is 16.6. The zero-order chi connectivity index (χ0) is 14.7. The van der Waals surface area contributed by atoms with Gasteiger partial charge in [0.1, 0.15) is 0 Å². The molecule has 0 aliphatic rings. The molecular weight excluding hydrogens is 284 g/mol. The molecule has 0 aliphatic carbocycles. The molecule has 1 amide bonds. The van der Waals surface area contributed by atoms with Gasteiger partial charge in [0.2, 0.25) is 0 Å². The second-order valence-corrected chi connectivity index (χ2v) is 5.67. The van der Waals surface area contributed by atoms with Gasteiger partial charge in [0.25, 0.3) is 5.91 Å². The molecule has 2 N–H and O–H groups in total. The van der Waals surface area contributed by atoms with Crippen molar-refractivity contribution < 1.29 is 4.79 Å². The molecule has 21 heavy (non-hydrogen) atoms. The SMILES string of the molecule is CCSc1ccc(NC(=O)c2n[nH]c3ccccc23)cn1. The standard InChI is InChI=1S/C15H14N4OS/c1-2-21-13-8-7-10(9-16-13)17-15(20)14-11-5-3-4-6-12(11)18-19-14/h3-9H,2H2,1H3,(H,17,20)(H,18,19). The Labute approximate surface area is 126 Å². The number of carbonyl (C=O) groups excluding carboxylic acids is 1. The van der Waals surface area contributed by atoms with E-state index in [0.717, 1.165) is 21.7 Å². The van der Waals surface area contributed by atoms with E-state index in [9.17, 15) is 4.79 Å². The Morgan fingerprint density at radius 1 is 1.29 bits per heavy atom. The van der Waals surface area contributed by atoms with Crippen molar-refractivity contribution in [3.8, 4) is 0 Å². The van der Waals surface area contributed by atoms with E-state index in [4.69, 9.17) is 0 Å². The van der Waals surface area contributed by atoms with Crippen molar-refractivity contribution in [2.75, 3.05) is 11.1 Å². The van der Waals surface area contributed by atoms with Crippen molar-refractivity contribution >= 4 is 34.3 Å². The van der Waals surface area contributed by atoms with Crippen LogP contribution < -0.4 is 5.32 Å². The van der Waals surface area contributed by atoms with Gasteiger partial charge < -0.3 is 5.32 Å². The van der Waals surface area contributed by atoms with Crippen molar-refractivity contribution in [2.45, 2.75) is 11.9 Å². The van der Waals surface area contributed by atoms with E-state index in [1.54, 1.807) is 18.0 Å². The molecule has 106 valence electrons. The molecule has 0 saturated heterocycles. The lowest BCUT2D eigenvalue weighted by Gasteiger charge is -2.04. The number of fused-ring (bicyclic) bond motifs is 1. The number of hydrogen-bond donors (Lipinski definition) is 2. The lowest BCUT2D eigenvalue weighted by Crippen LogP contribution is -2.12. The number of aromatic amines is 1. The molecule has 0 spiro atoms. The number of hydrogen-bond acceptors (Lipinski definition) is 4. The summed E-state index contributed by atoms with van der Waals surface area (Å²) >= 11 is 1.66. The third-order valence-corrected chi connectivity index (χ3v) is 3.80. The molecule has 3 rings (SSSR count). The van der Waals surface area contributed by atoms with Crippen molar-refractivity contribution in [1.29, 1.82) is 0 Å². The fraction of sp³-hybridized carbons (Fsp3) is 0.133. The fourth-order valence-electron chi connectivity index (χ4n) is 2.01. The zero-order valence-electron chi connectivity index (χ0n) is 11.5. The predicted octanol–water partition coefficient (Wildman–Crippen LogP) is 3.32. The van der Waals surface area contributed by atoms with Gasteiger partial charge in [0.05, 0.1) is 22.4 Å². The highest BCUT2D eigenvalue weighted by molar-refractivity contribution is 7.99. The van der Waals surface area contributed by atoms with Crippen LogP contribution in [0, 0.1) is 0 Å². The van der Waals surface area contributed by atoms with Crippen LogP contribution in [-0.4, -0.2) is 26.8 Å². The van der Waals surface area contributed by atoms with E-state index in [-0.39, 0.29) is 5.91 Å². The maximum atomic E-state index is 12.3. The van der Waals surface area contributed by atoms with E-state index >= 15 is 0 Å². The average Bonchev–Trinajstić information content (AvgIpc) is 2.93. The quantitative estimate of drug-likeness (QED) is 0.725. The number of nitrogens with one attached hydrogen (secondary N) is 2. The summed E-state index contributed by atoms with van der Waals surface area (Å²) in [5.41, 5.74) is 1.89. The molecule has 0 saturated carbocycles. The first-order valence-electron chi connectivity index (χ1n) is 6.61. The highest BCUT2D eigenvalue weighted by Crippen LogP contribution is 2.19. The van der Waals surface area contributed by atoms with Crippen LogP contribution in [0.2, 0.25) is 0 Å². The van der Waals surface area contributed by atoms with Gasteiger partial charge in [-0.25, -0.2) is 4.98 Å². The first kappa shape index (κ1) is 13.6. The topological polar surface area (TPSA) is 70.7 Å². The molecular formula is C15H14N4OS. The number of rotatable bonds is 4. The lowest BCUT2D eigenvalue weighted by atomic mass is 10.2. The number of aromatic nitrogens is 3. The molecule has 2 aromatic heterocycles. The number of thioether (sulfide) groups is 1. The number of benzene rings is 1. The van der Waals surface area contributed by atoms with Crippen molar-refractivity contribution in [3.05, 3.63) is 48.3 Å². The molecule has 3 aromatic rings. The molecule has 1 aromatic carbocycles. The fourth-order valence-corrected chi connectivity index (χ4v) is 2.60. The lowest BCUT2D eigenvalue weighted by molar-refractivity contribution is 0.102. The van der Waals surface area contributed by atoms with Gasteiger partial charge in [-0.1, -0.05) is 25.1 Å². The van der Waals surface area contributed by atoms with Gasteiger partial charge >= 0.3 is 0 Å². The summed E-state index contributed by atoms with van der Waals surface area (Å²) in [5.74, 6) is 0.725. The summed E-state index contributed by atoms with van der Waals surface area (Å²) in [6, 6.07) is 11.3. The Balaban J connectivity index is 1.79. The van der Waals surface area contributed by atoms with E-state index in [2.05, 4.69) is 27.4 Å². The van der Waals surface area contributed by atoms with Gasteiger partial charge in [-0.2, -0.15) is 5.10 Å². The van der Waals surface area contributed by atoms with E-state index in [1.165, 1.54) is 0 Å². The number of amides is 1. The summed E-state index contributed by atoms with van der Waals surface area (Å²) in [6.07, 6.45) is 1.66. The normalized spacial score (nSPS) is 10.7. The van der Waals surface area contributed by atoms with Gasteiger partial charge in [-0.15, -0.1) is 11.8 Å². The molecule has 0 bridgehead atoms. The Kier molecular flexibility index (Phi) is 3.87. The molecule has 0 unspecified atom stereocenters. The van der Waals surface area contributed by atoms with Crippen LogP contribution in [-0.2, 0) is 0 Å². The minimum absolute atomic E-state index is 0.245. The molecule has 2 heterocycles. The minimum Gasteiger partial charge on any atom is -0.319 e. The second-order valence-electron chi connectivity index (χ2n) is 4.39. The van der Waals surface area contributed by atoms with Gasteiger partial charge in [-0.3, -0.25) is 9.89 Å². The van der Waals surface area contributed by atoms with E-state index in [0.29, 0.717) is 11.4 Å². The Morgan fingerprint density at radius 3 is 2.90 bits per heavy atom. The highest BCUT2D eigenvalue weighted by atomic mass is 32.2. The van der Waals surface area contributed by atoms with Crippen LogP contribution in [0.4, 0.5) is 5.69 Å². The Bertz CT molecular complexity index is 767. The van der Waals surface area contributed by atoms with E-state index < -0.39 is 0 Å². The van der Waals surface area contributed by atoms with E-state index in [1.807, 2.05) is 36.4 Å². The first-order valence-corrected chi connectivity index (χ1v) is 7.60. The largest absolute Gasteiger partial charge is 0.319 e. The van der Waals surface area contributed by atoms with Crippen molar-refractivity contribution in [3.63, 3.8) is 0 Å². The monoisotopic (exact) mass is 298 g/mol. The zero-order valence-corrected chi connectivity index (χ0v) is 12.3. The Morgan fingerprint density at radius 2 is 2.14 bits per heavy atom. The summed E-state index contributed by atoms with van der Waals surface area (Å²) in [5, 5.41) is 11.5. The van der Waals surface area contributed by atoms with Crippen LogP contribution in [0.1, 0.15) is 17.4 Å². The highest BCUT2D eigenvalue weighted by Gasteiger charge is 2.13. The smallest absolute Gasteiger partial charge is 0.276 e. The van der Waals surface area contributed by atoms with Crippen molar-refractivity contribution in [2.24, 2.45) is 0 Å². The minimum atomic E-state index is -0.245. The van der Waals surface area contributed by atoms with Gasteiger partial charge in [0, 0.05) is 5.39 Å². The maximum Gasteiger partial charge on any atom is 0.276 e. The molecule has 0 aliphatic heterocycles. The molecule has 0 fully saturated rings. The summed E-state index contributed by atoms with van der Waals surface area (Å²) in [7, 11) is 0. The Hall–Kier alpha value is -2.34. The number of anilines is 1. The molecule has 0 radical (unpaired) electrons. The average molecular weight is 298 g/mol. The van der Waals surface area contributed by atoms with Crippen LogP contribution in [0.15, 0.2) is 47.6 Å². The van der Waals surface area contributed by atoms with Gasteiger partial charge in [-0.05, 0) is 24.0 Å². The predicted molar refractivity (Wildman–Crippen MR) is 84.7 cm³/mol. The third kappa shape index (κ3) is 2.90. The van der Waals surface area contributed by atoms with Crippen molar-refractivity contribution in [1.82, 2.24) is 15.2 Å². The molecule has 0 atom stereocenters. The first-order chi connectivity index (χ1) is 10.3. The maximum absolute atomic E-state index is 12.3. The van der Waals surface area contributed by atoms with Gasteiger partial charge in [0.15, 0.2) is 5.69 Å². The number of nitrogens with zero attached hydrogens (tertiary/aromatic N) is 2. The third-order valence-electron chi connectivity index (χ3n) is 2.97. The summed E-state index contributed by atoms with van der Waals surface area (Å²) in [6.45, 7) is 2.07. The number of carbonyl (C=O) groups is 1.